The molecule has 11 heteroatoms. The van der Waals surface area contributed by atoms with Gasteiger partial charge in [-0.05, 0) is 48.2 Å². The Balaban J connectivity index is 1.78. The van der Waals surface area contributed by atoms with E-state index in [9.17, 15) is 18.3 Å². The second kappa shape index (κ2) is 9.79. The Hall–Kier alpha value is -3.44. The second-order valence-electron chi connectivity index (χ2n) is 7.10. The second-order valence-corrected chi connectivity index (χ2v) is 10.2. The number of anilines is 1. The molecule has 0 radical (unpaired) electrons. The van der Waals surface area contributed by atoms with Crippen LogP contribution in [0.2, 0.25) is 0 Å². The van der Waals surface area contributed by atoms with Gasteiger partial charge in [-0.25, -0.2) is 18.4 Å². The number of hydrogen-bond acceptors (Lipinski definition) is 7. The monoisotopic (exact) mass is 472 g/mol. The maximum atomic E-state index is 11.7. The molecule has 0 aliphatic rings. The van der Waals surface area contributed by atoms with Crippen LogP contribution in [-0.2, 0) is 29.1 Å². The first-order valence-electron chi connectivity index (χ1n) is 9.54. The topological polar surface area (TPSA) is 164 Å². The number of carbonyl (C=O) groups excluding carboxylic acids is 1. The molecule has 0 unspecified atom stereocenters. The zero-order chi connectivity index (χ0) is 23.3. The van der Waals surface area contributed by atoms with Gasteiger partial charge in [0.25, 0.3) is 0 Å². The summed E-state index contributed by atoms with van der Waals surface area (Å²) in [5, 5.41) is 13.4. The number of sulfone groups is 1. The van der Waals surface area contributed by atoms with Crippen LogP contribution in [-0.4, -0.2) is 31.7 Å². The van der Waals surface area contributed by atoms with Gasteiger partial charge >= 0.3 is 0 Å². The van der Waals surface area contributed by atoms with E-state index >= 15 is 0 Å². The van der Waals surface area contributed by atoms with Gasteiger partial charge in [0.1, 0.15) is 6.09 Å². The van der Waals surface area contributed by atoms with Crippen LogP contribution in [0.4, 0.5) is 15.6 Å². The number of thiazole rings is 1. The summed E-state index contributed by atoms with van der Waals surface area (Å²) in [5.74, 6) is -0.0117. The molecule has 9 nitrogen and oxygen atoms in total. The van der Waals surface area contributed by atoms with Gasteiger partial charge in [0.05, 0.1) is 16.3 Å². The molecular formula is C21H22N5O4S2-. The van der Waals surface area contributed by atoms with Gasteiger partial charge in [0.2, 0.25) is 0 Å². The van der Waals surface area contributed by atoms with Crippen molar-refractivity contribution in [1.29, 1.82) is 0 Å². The zero-order valence-corrected chi connectivity index (χ0v) is 18.9. The molecule has 3 rings (SSSR count). The molecule has 2 aromatic carbocycles. The number of rotatable bonds is 8. The average molecular weight is 473 g/mol. The van der Waals surface area contributed by atoms with Crippen molar-refractivity contribution in [2.75, 3.05) is 11.6 Å². The van der Waals surface area contributed by atoms with Crippen LogP contribution in [0, 0.1) is 0 Å². The summed E-state index contributed by atoms with van der Waals surface area (Å²) in [4.78, 5) is 20.5. The van der Waals surface area contributed by atoms with Crippen LogP contribution >= 0.6 is 11.3 Å². The molecule has 168 valence electrons. The maximum absolute atomic E-state index is 11.7. The van der Waals surface area contributed by atoms with Gasteiger partial charge in [-0.3, -0.25) is 0 Å². The van der Waals surface area contributed by atoms with Gasteiger partial charge in [0.15, 0.2) is 20.9 Å². The molecule has 0 atom stereocenters. The van der Waals surface area contributed by atoms with Crippen LogP contribution in [0.25, 0.3) is 0 Å². The van der Waals surface area contributed by atoms with Crippen LogP contribution in [0.5, 0.6) is 0 Å². The van der Waals surface area contributed by atoms with E-state index in [1.807, 2.05) is 24.3 Å². The lowest BCUT2D eigenvalue weighted by Crippen LogP contribution is -2.28. The normalized spacial score (nSPS) is 11.2. The highest BCUT2D eigenvalue weighted by Crippen LogP contribution is 2.27. The summed E-state index contributed by atoms with van der Waals surface area (Å²) in [6.45, 7) is 0. The Kier molecular flexibility index (Phi) is 7.11. The number of nitrogens with one attached hydrogen (secondary N) is 1. The molecule has 32 heavy (non-hydrogen) atoms. The van der Waals surface area contributed by atoms with Gasteiger partial charge in [-0.1, -0.05) is 24.3 Å². The van der Waals surface area contributed by atoms with Crippen molar-refractivity contribution in [3.05, 3.63) is 70.2 Å². The summed E-state index contributed by atoms with van der Waals surface area (Å²) < 4.78 is 23.3. The summed E-state index contributed by atoms with van der Waals surface area (Å²) >= 11 is 1.23. The van der Waals surface area contributed by atoms with Crippen molar-refractivity contribution >= 4 is 44.0 Å². The number of carbonyl (C=O) groups is 1. The number of amides is 1. The van der Waals surface area contributed by atoms with Gasteiger partial charge in [-0.2, -0.15) is 0 Å². The molecule has 0 saturated heterocycles. The molecule has 0 aliphatic heterocycles. The number of aromatic nitrogens is 1. The summed E-state index contributed by atoms with van der Waals surface area (Å²) in [7, 11) is -3.27. The lowest BCUT2D eigenvalue weighted by Gasteiger charge is -2.05. The fourth-order valence-corrected chi connectivity index (χ4v) is 4.70. The molecule has 3 aromatic rings. The van der Waals surface area contributed by atoms with Crippen LogP contribution in [0.1, 0.15) is 21.7 Å². The number of hydrogen-bond donors (Lipinski definition) is 3. The van der Waals surface area contributed by atoms with Crippen LogP contribution in [0.3, 0.4) is 0 Å². The number of aryl methyl sites for hydroxylation is 2. The highest BCUT2D eigenvalue weighted by Gasteiger charge is 2.13. The van der Waals surface area contributed by atoms with Crippen molar-refractivity contribution in [2.45, 2.75) is 24.2 Å². The highest BCUT2D eigenvalue weighted by molar-refractivity contribution is 7.90. The van der Waals surface area contributed by atoms with E-state index in [0.717, 1.165) is 28.0 Å². The third-order valence-electron chi connectivity index (χ3n) is 4.55. The number of nitrogens with zero attached hydrogens (tertiary/aromatic N) is 2. The Morgan fingerprint density at radius 3 is 2.25 bits per heavy atom. The van der Waals surface area contributed by atoms with Gasteiger partial charge in [-0.15, -0.1) is 11.3 Å². The minimum absolute atomic E-state index is 0.0117. The van der Waals surface area contributed by atoms with Crippen LogP contribution < -0.4 is 21.9 Å². The smallest absolute Gasteiger partial charge is 0.191 e. The van der Waals surface area contributed by atoms with E-state index in [-0.39, 0.29) is 16.0 Å². The highest BCUT2D eigenvalue weighted by atomic mass is 32.2. The Labute approximate surface area is 189 Å². The molecule has 5 N–H and O–H groups in total. The van der Waals surface area contributed by atoms with Crippen molar-refractivity contribution in [3.63, 3.8) is 0 Å². The fraction of sp³-hybridized carbons (Fsp3) is 0.190. The first-order valence-corrected chi connectivity index (χ1v) is 12.2. The largest absolute Gasteiger partial charge is 0.530 e. The Bertz CT molecular complexity index is 1230. The van der Waals surface area contributed by atoms with Crippen molar-refractivity contribution in [1.82, 2.24) is 4.98 Å². The van der Waals surface area contributed by atoms with Crippen molar-refractivity contribution < 1.29 is 18.3 Å². The predicted octanol–water partition coefficient (Wildman–Crippen LogP) is 1.58. The average Bonchev–Trinajstić information content (AvgIpc) is 3.07. The van der Waals surface area contributed by atoms with E-state index < -0.39 is 15.9 Å². The van der Waals surface area contributed by atoms with E-state index in [2.05, 4.69) is 15.3 Å². The van der Waals surface area contributed by atoms with E-state index in [0.29, 0.717) is 24.9 Å². The minimum Gasteiger partial charge on any atom is -0.530 e. The van der Waals surface area contributed by atoms with Gasteiger partial charge in [0, 0.05) is 17.6 Å². The minimum atomic E-state index is -3.27. The SMILES string of the molecule is CS(=O)(=O)c1ccc(Cc2sc(NC(=O)[O-])nc2CCc2ccc(N=C(N)N)cc2)cc1. The Morgan fingerprint density at radius 2 is 1.69 bits per heavy atom. The zero-order valence-electron chi connectivity index (χ0n) is 17.2. The molecule has 0 saturated carbocycles. The summed E-state index contributed by atoms with van der Waals surface area (Å²) in [6.07, 6.45) is 1.49. The number of aliphatic imine (C=N–C) groups is 1. The number of nitrogens with two attached hydrogens (primary N) is 2. The van der Waals surface area contributed by atoms with E-state index in [4.69, 9.17) is 11.5 Å². The first-order chi connectivity index (χ1) is 15.1. The Morgan fingerprint density at radius 1 is 1.06 bits per heavy atom. The molecule has 1 heterocycles. The summed E-state index contributed by atoms with van der Waals surface area (Å²) in [6, 6.07) is 14.1. The van der Waals surface area contributed by atoms with Crippen molar-refractivity contribution in [2.24, 2.45) is 16.5 Å². The first kappa shape index (κ1) is 23.2. The molecule has 0 fully saturated rings. The number of carboxylic acid groups (broad SMARTS) is 1. The maximum Gasteiger partial charge on any atom is 0.191 e. The van der Waals surface area contributed by atoms with Crippen molar-refractivity contribution in [3.8, 4) is 0 Å². The van der Waals surface area contributed by atoms with Gasteiger partial charge < -0.3 is 26.7 Å². The van der Waals surface area contributed by atoms with Crippen LogP contribution in [0.15, 0.2) is 58.4 Å². The third kappa shape index (κ3) is 6.53. The molecule has 0 bridgehead atoms. The fourth-order valence-electron chi connectivity index (χ4n) is 3.05. The summed E-state index contributed by atoms with van der Waals surface area (Å²) in [5.41, 5.74) is 14.1. The molecular weight excluding hydrogens is 450 g/mol. The van der Waals surface area contributed by atoms with E-state index in [1.54, 1.807) is 24.3 Å². The molecule has 0 spiro atoms. The van der Waals surface area contributed by atoms with E-state index in [1.165, 1.54) is 11.3 Å². The quantitative estimate of drug-likeness (QED) is 0.331. The lowest BCUT2D eigenvalue weighted by molar-refractivity contribution is -0.242. The number of guanidine groups is 1. The molecule has 1 aromatic heterocycles. The predicted molar refractivity (Wildman–Crippen MR) is 123 cm³/mol. The number of benzene rings is 2. The molecule has 0 aliphatic carbocycles. The standard InChI is InChI=1S/C21H23N5O4S2/c1-32(29,30)16-9-4-14(5-10-16)12-18-17(25-20(31-18)26-21(27)28)11-6-13-2-7-15(8-3-13)24-19(22)23/h2-5,7-10H,6,11-12H2,1H3,(H,25,26)(H,27,28)(H4,22,23,24)/p-1. The molecule has 1 amide bonds. The third-order valence-corrected chi connectivity index (χ3v) is 6.69. The lowest BCUT2D eigenvalue weighted by atomic mass is 10.0.